The number of nitrogens with one attached hydrogen (secondary N) is 1. The van der Waals surface area contributed by atoms with Crippen LogP contribution in [0.25, 0.3) is 5.69 Å². The highest BCUT2D eigenvalue weighted by molar-refractivity contribution is 7.92. The van der Waals surface area contributed by atoms with E-state index in [0.29, 0.717) is 5.69 Å². The fourth-order valence-corrected chi connectivity index (χ4v) is 3.23. The van der Waals surface area contributed by atoms with Crippen LogP contribution in [0.15, 0.2) is 53.7 Å². The van der Waals surface area contributed by atoms with E-state index < -0.39 is 10.0 Å². The Morgan fingerprint density at radius 2 is 1.87 bits per heavy atom. The number of halogens is 1. The first-order valence-electron chi connectivity index (χ1n) is 6.58. The molecule has 0 unspecified atom stereocenters. The van der Waals surface area contributed by atoms with Crippen LogP contribution in [0.1, 0.15) is 5.56 Å². The monoisotopic (exact) mass is 349 g/mol. The Labute approximate surface area is 138 Å². The Balaban J connectivity index is 1.96. The summed E-state index contributed by atoms with van der Waals surface area (Å²) >= 11 is 6.09. The number of rotatable bonds is 4. The van der Waals surface area contributed by atoms with Crippen molar-refractivity contribution in [3.63, 3.8) is 0 Å². The second-order valence-electron chi connectivity index (χ2n) is 4.84. The quantitative estimate of drug-likeness (QED) is 0.781. The van der Waals surface area contributed by atoms with Gasteiger partial charge in [-0.15, -0.1) is 5.10 Å². The molecule has 0 aliphatic rings. The Bertz CT molecular complexity index is 924. The van der Waals surface area contributed by atoms with Gasteiger partial charge >= 0.3 is 0 Å². The molecule has 7 nitrogen and oxygen atoms in total. The van der Waals surface area contributed by atoms with E-state index in [1.807, 2.05) is 6.92 Å². The topological polar surface area (TPSA) is 89.8 Å². The molecule has 0 saturated heterocycles. The molecule has 1 heterocycles. The largest absolute Gasteiger partial charge is 0.278 e. The molecule has 0 saturated carbocycles. The highest BCUT2D eigenvalue weighted by Crippen LogP contribution is 2.27. The lowest BCUT2D eigenvalue weighted by molar-refractivity contribution is 0.601. The van der Waals surface area contributed by atoms with Crippen molar-refractivity contribution in [2.75, 3.05) is 4.72 Å². The summed E-state index contributed by atoms with van der Waals surface area (Å²) < 4.78 is 28.8. The van der Waals surface area contributed by atoms with Crippen LogP contribution >= 0.6 is 11.6 Å². The zero-order chi connectivity index (χ0) is 16.4. The summed E-state index contributed by atoms with van der Waals surface area (Å²) in [6.45, 7) is 1.89. The Morgan fingerprint density at radius 1 is 1.13 bits per heavy atom. The van der Waals surface area contributed by atoms with Crippen molar-refractivity contribution < 1.29 is 8.42 Å². The molecule has 0 bridgehead atoms. The fraction of sp³-hybridized carbons (Fsp3) is 0.0714. The van der Waals surface area contributed by atoms with Crippen molar-refractivity contribution in [3.05, 3.63) is 59.4 Å². The smallest absolute Gasteiger partial charge is 0.261 e. The molecule has 0 aliphatic heterocycles. The van der Waals surface area contributed by atoms with Crippen molar-refractivity contribution >= 4 is 27.3 Å². The summed E-state index contributed by atoms with van der Waals surface area (Å²) in [6.07, 6.45) is 1.40. The van der Waals surface area contributed by atoms with Gasteiger partial charge in [0.05, 0.1) is 21.3 Å². The molecule has 0 atom stereocenters. The molecule has 2 aromatic carbocycles. The highest BCUT2D eigenvalue weighted by Gasteiger charge is 2.16. The third-order valence-corrected chi connectivity index (χ3v) is 4.85. The number of tetrazole rings is 1. The van der Waals surface area contributed by atoms with E-state index in [9.17, 15) is 8.42 Å². The Hall–Kier alpha value is -2.45. The average Bonchev–Trinajstić information content (AvgIpc) is 3.04. The van der Waals surface area contributed by atoms with Gasteiger partial charge in [-0.1, -0.05) is 29.3 Å². The lowest BCUT2D eigenvalue weighted by Crippen LogP contribution is -2.13. The fourth-order valence-electron chi connectivity index (χ4n) is 1.93. The van der Waals surface area contributed by atoms with Crippen LogP contribution in [0.2, 0.25) is 5.02 Å². The lowest BCUT2D eigenvalue weighted by Gasteiger charge is -2.11. The van der Waals surface area contributed by atoms with Gasteiger partial charge in [0.2, 0.25) is 0 Å². The molecular formula is C14H12ClN5O2S. The van der Waals surface area contributed by atoms with Gasteiger partial charge < -0.3 is 0 Å². The SMILES string of the molecule is Cc1ccc(S(=O)(=O)Nc2cc(-n3cnnn3)ccc2Cl)cc1. The minimum atomic E-state index is -3.73. The summed E-state index contributed by atoms with van der Waals surface area (Å²) in [5.74, 6) is 0. The predicted molar refractivity (Wildman–Crippen MR) is 86.2 cm³/mol. The predicted octanol–water partition coefficient (Wildman–Crippen LogP) is 2.42. The molecule has 0 spiro atoms. The van der Waals surface area contributed by atoms with Crippen LogP contribution in [-0.4, -0.2) is 28.6 Å². The Morgan fingerprint density at radius 3 is 2.52 bits per heavy atom. The van der Waals surface area contributed by atoms with Crippen molar-refractivity contribution in [3.8, 4) is 5.69 Å². The van der Waals surface area contributed by atoms with Crippen LogP contribution in [0.4, 0.5) is 5.69 Å². The van der Waals surface area contributed by atoms with Crippen LogP contribution < -0.4 is 4.72 Å². The zero-order valence-electron chi connectivity index (χ0n) is 12.0. The normalized spacial score (nSPS) is 11.4. The van der Waals surface area contributed by atoms with Crippen molar-refractivity contribution in [1.82, 2.24) is 20.2 Å². The summed E-state index contributed by atoms with van der Waals surface area (Å²) in [5.41, 5.74) is 1.81. The van der Waals surface area contributed by atoms with E-state index >= 15 is 0 Å². The molecule has 1 aromatic heterocycles. The number of aryl methyl sites for hydroxylation is 1. The molecule has 0 amide bonds. The molecule has 118 valence electrons. The number of sulfonamides is 1. The lowest BCUT2D eigenvalue weighted by atomic mass is 10.2. The summed E-state index contributed by atoms with van der Waals surface area (Å²) in [7, 11) is -3.73. The molecule has 23 heavy (non-hydrogen) atoms. The molecular weight excluding hydrogens is 338 g/mol. The minimum absolute atomic E-state index is 0.159. The zero-order valence-corrected chi connectivity index (χ0v) is 13.6. The number of nitrogens with zero attached hydrogens (tertiary/aromatic N) is 4. The van der Waals surface area contributed by atoms with Crippen LogP contribution in [0, 0.1) is 6.92 Å². The van der Waals surface area contributed by atoms with Crippen LogP contribution in [0.3, 0.4) is 0 Å². The van der Waals surface area contributed by atoms with Gasteiger partial charge in [0.25, 0.3) is 10.0 Å². The summed E-state index contributed by atoms with van der Waals surface area (Å²) in [5, 5.41) is 11.1. The van der Waals surface area contributed by atoms with Gasteiger partial charge in [0.15, 0.2) is 0 Å². The third kappa shape index (κ3) is 3.33. The highest BCUT2D eigenvalue weighted by atomic mass is 35.5. The number of anilines is 1. The molecule has 0 fully saturated rings. The van der Waals surface area contributed by atoms with Crippen molar-refractivity contribution in [2.24, 2.45) is 0 Å². The van der Waals surface area contributed by atoms with E-state index in [4.69, 9.17) is 11.6 Å². The van der Waals surface area contributed by atoms with E-state index in [1.165, 1.54) is 23.1 Å². The van der Waals surface area contributed by atoms with Crippen molar-refractivity contribution in [1.29, 1.82) is 0 Å². The van der Waals surface area contributed by atoms with E-state index in [2.05, 4.69) is 20.2 Å². The minimum Gasteiger partial charge on any atom is -0.278 e. The average molecular weight is 350 g/mol. The maximum absolute atomic E-state index is 12.4. The van der Waals surface area contributed by atoms with Crippen LogP contribution in [0.5, 0.6) is 0 Å². The van der Waals surface area contributed by atoms with Crippen LogP contribution in [-0.2, 0) is 10.0 Å². The maximum atomic E-state index is 12.4. The molecule has 9 heteroatoms. The van der Waals surface area contributed by atoms with Gasteiger partial charge in [-0.3, -0.25) is 4.72 Å². The van der Waals surface area contributed by atoms with Gasteiger partial charge in [0, 0.05) is 0 Å². The molecule has 0 aliphatic carbocycles. The first kappa shape index (κ1) is 15.4. The van der Waals surface area contributed by atoms with E-state index in [1.54, 1.807) is 30.3 Å². The Kier molecular flexibility index (Phi) is 4.01. The number of hydrogen-bond acceptors (Lipinski definition) is 5. The molecule has 3 rings (SSSR count). The third-order valence-electron chi connectivity index (χ3n) is 3.14. The number of aromatic nitrogens is 4. The van der Waals surface area contributed by atoms with Gasteiger partial charge in [-0.05, 0) is 47.7 Å². The first-order chi connectivity index (χ1) is 11.0. The summed E-state index contributed by atoms with van der Waals surface area (Å²) in [6, 6.07) is 11.4. The first-order valence-corrected chi connectivity index (χ1v) is 8.44. The second-order valence-corrected chi connectivity index (χ2v) is 6.93. The second kappa shape index (κ2) is 5.98. The van der Waals surface area contributed by atoms with Gasteiger partial charge in [-0.25, -0.2) is 13.1 Å². The van der Waals surface area contributed by atoms with E-state index in [-0.39, 0.29) is 15.6 Å². The molecule has 3 aromatic rings. The molecule has 0 radical (unpaired) electrons. The maximum Gasteiger partial charge on any atom is 0.261 e. The number of benzene rings is 2. The molecule has 1 N–H and O–H groups in total. The number of hydrogen-bond donors (Lipinski definition) is 1. The van der Waals surface area contributed by atoms with Crippen molar-refractivity contribution in [2.45, 2.75) is 11.8 Å². The van der Waals surface area contributed by atoms with Gasteiger partial charge in [0.1, 0.15) is 6.33 Å². The van der Waals surface area contributed by atoms with E-state index in [0.717, 1.165) is 5.56 Å². The van der Waals surface area contributed by atoms with Gasteiger partial charge in [-0.2, -0.15) is 0 Å². The summed E-state index contributed by atoms with van der Waals surface area (Å²) in [4.78, 5) is 0.159. The standard InChI is InChI=1S/C14H12ClN5O2S/c1-10-2-5-12(6-3-10)23(21,22)17-14-8-11(4-7-13(14)15)20-9-16-18-19-20/h2-9,17H,1H3.